The van der Waals surface area contributed by atoms with Gasteiger partial charge in [-0.15, -0.1) is 0 Å². The van der Waals surface area contributed by atoms with Crippen LogP contribution in [0.3, 0.4) is 0 Å². The van der Waals surface area contributed by atoms with E-state index >= 15 is 0 Å². The van der Waals surface area contributed by atoms with Crippen LogP contribution in [0.2, 0.25) is 0 Å². The van der Waals surface area contributed by atoms with Crippen molar-refractivity contribution in [2.45, 2.75) is 33.0 Å². The van der Waals surface area contributed by atoms with E-state index in [0.717, 1.165) is 18.2 Å². The number of carboxylic acids is 1. The van der Waals surface area contributed by atoms with Crippen molar-refractivity contribution >= 4 is 11.9 Å². The minimum absolute atomic E-state index is 0.597. The summed E-state index contributed by atoms with van der Waals surface area (Å²) >= 11 is 0. The van der Waals surface area contributed by atoms with E-state index in [1.54, 1.807) is 20.8 Å². The number of halogens is 3. The number of aliphatic carboxylic acids is 1. The Morgan fingerprint density at radius 1 is 1.14 bits per heavy atom. The Balaban J connectivity index is 3.13. The van der Waals surface area contributed by atoms with Gasteiger partial charge in [0.05, 0.1) is 11.1 Å². The molecule has 1 atom stereocenters. The molecular weight excluding hydrogens is 287 g/mol. The second-order valence-corrected chi connectivity index (χ2v) is 5.65. The summed E-state index contributed by atoms with van der Waals surface area (Å²) in [4.78, 5) is 23.2. The van der Waals surface area contributed by atoms with Gasteiger partial charge in [-0.05, 0) is 17.5 Å². The largest absolute Gasteiger partial charge is 0.480 e. The van der Waals surface area contributed by atoms with Gasteiger partial charge in [0, 0.05) is 0 Å². The molecule has 4 nitrogen and oxygen atoms in total. The molecule has 0 spiro atoms. The SMILES string of the molecule is CC(C)(C)[C@H](NC(=O)c1ccccc1C(F)(F)F)C(=O)O. The first-order chi connectivity index (χ1) is 9.44. The Labute approximate surface area is 120 Å². The minimum atomic E-state index is -4.69. The molecule has 0 bridgehead atoms. The fourth-order valence-electron chi connectivity index (χ4n) is 1.79. The second kappa shape index (κ2) is 5.75. The van der Waals surface area contributed by atoms with E-state index in [9.17, 15) is 22.8 Å². The summed E-state index contributed by atoms with van der Waals surface area (Å²) in [6, 6.07) is 2.95. The molecule has 21 heavy (non-hydrogen) atoms. The maximum atomic E-state index is 12.8. The van der Waals surface area contributed by atoms with E-state index in [4.69, 9.17) is 5.11 Å². The van der Waals surface area contributed by atoms with E-state index in [-0.39, 0.29) is 0 Å². The lowest BCUT2D eigenvalue weighted by molar-refractivity contribution is -0.142. The molecular formula is C14H16F3NO3. The molecule has 0 fully saturated rings. The number of rotatable bonds is 3. The standard InChI is InChI=1S/C14H16F3NO3/c1-13(2,3)10(12(20)21)18-11(19)8-6-4-5-7-9(8)14(15,16)17/h4-7,10H,1-3H3,(H,18,19)(H,20,21)/t10-/m1/s1. The Hall–Kier alpha value is -2.05. The molecule has 0 unspecified atom stereocenters. The number of hydrogen-bond donors (Lipinski definition) is 2. The summed E-state index contributed by atoms with van der Waals surface area (Å²) in [6.45, 7) is 4.71. The molecule has 0 aliphatic heterocycles. The molecule has 1 aromatic carbocycles. The summed E-state index contributed by atoms with van der Waals surface area (Å²) in [6.07, 6.45) is -4.69. The van der Waals surface area contributed by atoms with Crippen molar-refractivity contribution < 1.29 is 27.9 Å². The molecule has 1 amide bonds. The van der Waals surface area contributed by atoms with Gasteiger partial charge >= 0.3 is 12.1 Å². The number of alkyl halides is 3. The zero-order chi connectivity index (χ0) is 16.4. The fourth-order valence-corrected chi connectivity index (χ4v) is 1.79. The van der Waals surface area contributed by atoms with Gasteiger partial charge in [0.25, 0.3) is 5.91 Å². The first-order valence-electron chi connectivity index (χ1n) is 6.14. The monoisotopic (exact) mass is 303 g/mol. The third kappa shape index (κ3) is 4.21. The maximum absolute atomic E-state index is 12.8. The third-order valence-electron chi connectivity index (χ3n) is 2.87. The van der Waals surface area contributed by atoms with Crippen molar-refractivity contribution in [2.24, 2.45) is 5.41 Å². The first-order valence-corrected chi connectivity index (χ1v) is 6.14. The smallest absolute Gasteiger partial charge is 0.417 e. The molecule has 0 saturated carbocycles. The average Bonchev–Trinajstić information content (AvgIpc) is 2.32. The van der Waals surface area contributed by atoms with Crippen LogP contribution in [0.15, 0.2) is 24.3 Å². The lowest BCUT2D eigenvalue weighted by atomic mass is 9.86. The number of benzene rings is 1. The zero-order valence-corrected chi connectivity index (χ0v) is 11.8. The molecule has 0 radical (unpaired) electrons. The molecule has 7 heteroatoms. The van der Waals surface area contributed by atoms with E-state index < -0.39 is 40.6 Å². The molecule has 0 saturated heterocycles. The van der Waals surface area contributed by atoms with Gasteiger partial charge < -0.3 is 10.4 Å². The summed E-state index contributed by atoms with van der Waals surface area (Å²) in [5, 5.41) is 11.2. The molecule has 116 valence electrons. The number of carbonyl (C=O) groups is 2. The van der Waals surface area contributed by atoms with E-state index in [2.05, 4.69) is 5.32 Å². The fraction of sp³-hybridized carbons (Fsp3) is 0.429. The highest BCUT2D eigenvalue weighted by Crippen LogP contribution is 2.32. The van der Waals surface area contributed by atoms with E-state index in [1.165, 1.54) is 6.07 Å². The van der Waals surface area contributed by atoms with Crippen LogP contribution in [-0.4, -0.2) is 23.0 Å². The van der Waals surface area contributed by atoms with Crippen LogP contribution >= 0.6 is 0 Å². The number of carbonyl (C=O) groups excluding carboxylic acids is 1. The van der Waals surface area contributed by atoms with Gasteiger partial charge in [0.1, 0.15) is 6.04 Å². The lowest BCUT2D eigenvalue weighted by Gasteiger charge is -2.28. The Bertz CT molecular complexity index is 547. The maximum Gasteiger partial charge on any atom is 0.417 e. The Kier molecular flexibility index (Phi) is 4.65. The molecule has 0 aliphatic carbocycles. The van der Waals surface area contributed by atoms with Crippen LogP contribution in [0.1, 0.15) is 36.7 Å². The number of carboxylic acid groups (broad SMARTS) is 1. The van der Waals surface area contributed by atoms with Crippen molar-refractivity contribution in [3.8, 4) is 0 Å². The van der Waals surface area contributed by atoms with Crippen molar-refractivity contribution in [1.29, 1.82) is 0 Å². The molecule has 2 N–H and O–H groups in total. The van der Waals surface area contributed by atoms with Gasteiger partial charge in [-0.2, -0.15) is 13.2 Å². The van der Waals surface area contributed by atoms with Crippen molar-refractivity contribution in [3.05, 3.63) is 35.4 Å². The summed E-state index contributed by atoms with van der Waals surface area (Å²) in [7, 11) is 0. The second-order valence-electron chi connectivity index (χ2n) is 5.65. The Morgan fingerprint density at radius 2 is 1.67 bits per heavy atom. The summed E-state index contributed by atoms with van der Waals surface area (Å²) in [5.41, 5.74) is -2.53. The third-order valence-corrected chi connectivity index (χ3v) is 2.87. The first kappa shape index (κ1) is 17.0. The van der Waals surface area contributed by atoms with E-state index in [1.807, 2.05) is 0 Å². The van der Waals surface area contributed by atoms with Crippen molar-refractivity contribution in [2.75, 3.05) is 0 Å². The van der Waals surface area contributed by atoms with Gasteiger partial charge in [-0.1, -0.05) is 32.9 Å². The molecule has 1 rings (SSSR count). The molecule has 1 aromatic rings. The number of amides is 1. The predicted octanol–water partition coefficient (Wildman–Crippen LogP) is 2.93. The summed E-state index contributed by atoms with van der Waals surface area (Å²) in [5.74, 6) is -2.37. The summed E-state index contributed by atoms with van der Waals surface area (Å²) < 4.78 is 38.5. The topological polar surface area (TPSA) is 66.4 Å². The van der Waals surface area contributed by atoms with Crippen LogP contribution in [0.4, 0.5) is 13.2 Å². The average molecular weight is 303 g/mol. The molecule has 0 aromatic heterocycles. The highest BCUT2D eigenvalue weighted by molar-refractivity contribution is 5.98. The van der Waals surface area contributed by atoms with Crippen LogP contribution < -0.4 is 5.32 Å². The van der Waals surface area contributed by atoms with Crippen LogP contribution in [0, 0.1) is 5.41 Å². The lowest BCUT2D eigenvalue weighted by Crippen LogP contribution is -2.49. The minimum Gasteiger partial charge on any atom is -0.480 e. The van der Waals surface area contributed by atoms with Crippen molar-refractivity contribution in [3.63, 3.8) is 0 Å². The van der Waals surface area contributed by atoms with Crippen molar-refractivity contribution in [1.82, 2.24) is 5.32 Å². The highest BCUT2D eigenvalue weighted by atomic mass is 19.4. The zero-order valence-electron chi connectivity index (χ0n) is 11.8. The number of hydrogen-bond acceptors (Lipinski definition) is 2. The van der Waals surface area contributed by atoms with Gasteiger partial charge in [0.2, 0.25) is 0 Å². The van der Waals surface area contributed by atoms with Gasteiger partial charge in [-0.3, -0.25) is 4.79 Å². The number of nitrogens with one attached hydrogen (secondary N) is 1. The highest BCUT2D eigenvalue weighted by Gasteiger charge is 2.37. The van der Waals surface area contributed by atoms with Crippen LogP contribution in [0.5, 0.6) is 0 Å². The van der Waals surface area contributed by atoms with Crippen LogP contribution in [-0.2, 0) is 11.0 Å². The van der Waals surface area contributed by atoms with E-state index in [0.29, 0.717) is 0 Å². The van der Waals surface area contributed by atoms with Gasteiger partial charge in [-0.25, -0.2) is 4.79 Å². The predicted molar refractivity (Wildman–Crippen MR) is 69.8 cm³/mol. The molecule has 0 heterocycles. The van der Waals surface area contributed by atoms with Gasteiger partial charge in [0.15, 0.2) is 0 Å². The molecule has 0 aliphatic rings. The van der Waals surface area contributed by atoms with Crippen LogP contribution in [0.25, 0.3) is 0 Å². The quantitative estimate of drug-likeness (QED) is 0.902. The normalized spacial score (nSPS) is 13.6. The Morgan fingerprint density at radius 3 is 2.10 bits per heavy atom.